The summed E-state index contributed by atoms with van der Waals surface area (Å²) in [5, 5.41) is 13.6. The van der Waals surface area contributed by atoms with E-state index in [2.05, 4.69) is 10.3 Å². The number of aromatic nitrogens is 1. The number of rotatable bonds is 6. The average molecular weight is 336 g/mol. The van der Waals surface area contributed by atoms with Gasteiger partial charge in [0.05, 0.1) is 0 Å². The first-order valence-corrected chi connectivity index (χ1v) is 8.22. The van der Waals surface area contributed by atoms with E-state index in [0.29, 0.717) is 5.56 Å². The number of hydrogen-bond acceptors (Lipinski definition) is 2. The molecule has 0 aliphatic heterocycles. The van der Waals surface area contributed by atoms with E-state index in [4.69, 9.17) is 0 Å². The van der Waals surface area contributed by atoms with Crippen LogP contribution in [0.1, 0.15) is 29.3 Å². The summed E-state index contributed by atoms with van der Waals surface area (Å²) >= 11 is 0. The lowest BCUT2D eigenvalue weighted by Gasteiger charge is -2.29. The fourth-order valence-corrected chi connectivity index (χ4v) is 3.02. The summed E-state index contributed by atoms with van der Waals surface area (Å²) < 4.78 is 0. The highest BCUT2D eigenvalue weighted by Crippen LogP contribution is 2.25. The van der Waals surface area contributed by atoms with Crippen molar-refractivity contribution in [3.8, 4) is 0 Å². The standard InChI is InChI=1S/C20H20N2O3/c1-2-20(19(24)25,22-18(23)14-8-4-3-5-9-14)12-15-13-21-17-11-7-6-10-16(15)17/h3-11,13,21H,2,12H2,1H3,(H,22,23)(H,24,25)/t20-/m0/s1. The Morgan fingerprint density at radius 2 is 1.76 bits per heavy atom. The second kappa shape index (κ2) is 6.81. The van der Waals surface area contributed by atoms with E-state index in [0.717, 1.165) is 16.5 Å². The minimum Gasteiger partial charge on any atom is -0.479 e. The lowest BCUT2D eigenvalue weighted by molar-refractivity contribution is -0.144. The molecule has 0 unspecified atom stereocenters. The van der Waals surface area contributed by atoms with Crippen molar-refractivity contribution in [2.75, 3.05) is 0 Å². The first kappa shape index (κ1) is 16.8. The summed E-state index contributed by atoms with van der Waals surface area (Å²) in [6.45, 7) is 1.77. The minimum absolute atomic E-state index is 0.210. The van der Waals surface area contributed by atoms with Crippen LogP contribution in [0.3, 0.4) is 0 Å². The van der Waals surface area contributed by atoms with E-state index in [1.165, 1.54) is 0 Å². The average Bonchev–Trinajstić information content (AvgIpc) is 3.04. The Bertz CT molecular complexity index is 901. The van der Waals surface area contributed by atoms with Crippen LogP contribution in [-0.2, 0) is 11.2 Å². The quantitative estimate of drug-likeness (QED) is 0.645. The fraction of sp³-hybridized carbons (Fsp3) is 0.200. The Labute approximate surface area is 145 Å². The SMILES string of the molecule is CC[C@@](Cc1c[nH]c2ccccc12)(NC(=O)c1ccccc1)C(=O)O. The van der Waals surface area contributed by atoms with Crippen LogP contribution in [0.15, 0.2) is 60.8 Å². The van der Waals surface area contributed by atoms with Crippen molar-refractivity contribution in [2.24, 2.45) is 0 Å². The van der Waals surface area contributed by atoms with Crippen LogP contribution in [0.2, 0.25) is 0 Å². The van der Waals surface area contributed by atoms with E-state index in [1.807, 2.05) is 36.5 Å². The van der Waals surface area contributed by atoms with Gasteiger partial charge in [-0.25, -0.2) is 4.79 Å². The summed E-state index contributed by atoms with van der Waals surface area (Å²) in [6.07, 6.45) is 2.30. The molecule has 128 valence electrons. The predicted octanol–water partition coefficient (Wildman–Crippen LogP) is 3.37. The third-order valence-corrected chi connectivity index (χ3v) is 4.57. The Balaban J connectivity index is 1.93. The normalized spacial score (nSPS) is 13.3. The largest absolute Gasteiger partial charge is 0.479 e. The van der Waals surface area contributed by atoms with E-state index in [-0.39, 0.29) is 18.7 Å². The molecule has 0 saturated heterocycles. The maximum atomic E-state index is 12.5. The Morgan fingerprint density at radius 3 is 2.44 bits per heavy atom. The first-order valence-electron chi connectivity index (χ1n) is 8.22. The molecule has 0 fully saturated rings. The third-order valence-electron chi connectivity index (χ3n) is 4.57. The molecule has 0 radical (unpaired) electrons. The maximum Gasteiger partial charge on any atom is 0.329 e. The molecular weight excluding hydrogens is 316 g/mol. The van der Waals surface area contributed by atoms with Crippen molar-refractivity contribution < 1.29 is 14.7 Å². The lowest BCUT2D eigenvalue weighted by Crippen LogP contribution is -2.55. The molecule has 0 saturated carbocycles. The molecule has 25 heavy (non-hydrogen) atoms. The fourth-order valence-electron chi connectivity index (χ4n) is 3.02. The van der Waals surface area contributed by atoms with Gasteiger partial charge in [0, 0.05) is 29.1 Å². The number of carboxylic acid groups (broad SMARTS) is 1. The summed E-state index contributed by atoms with van der Waals surface area (Å²) in [5.74, 6) is -1.42. The molecule has 5 heteroatoms. The summed E-state index contributed by atoms with van der Waals surface area (Å²) in [4.78, 5) is 27.7. The zero-order valence-electron chi connectivity index (χ0n) is 14.0. The number of benzene rings is 2. The summed E-state index contributed by atoms with van der Waals surface area (Å²) in [7, 11) is 0. The number of carbonyl (C=O) groups is 2. The van der Waals surface area contributed by atoms with E-state index in [1.54, 1.807) is 31.2 Å². The monoisotopic (exact) mass is 336 g/mol. The topological polar surface area (TPSA) is 82.2 Å². The highest BCUT2D eigenvalue weighted by atomic mass is 16.4. The Morgan fingerprint density at radius 1 is 1.08 bits per heavy atom. The van der Waals surface area contributed by atoms with Gasteiger partial charge in [0.15, 0.2) is 0 Å². The number of carboxylic acids is 1. The van der Waals surface area contributed by atoms with Crippen molar-refractivity contribution in [1.29, 1.82) is 0 Å². The molecule has 3 rings (SSSR count). The third kappa shape index (κ3) is 3.26. The lowest BCUT2D eigenvalue weighted by atomic mass is 9.87. The predicted molar refractivity (Wildman–Crippen MR) is 96.6 cm³/mol. The highest BCUT2D eigenvalue weighted by Gasteiger charge is 2.39. The zero-order valence-corrected chi connectivity index (χ0v) is 14.0. The maximum absolute atomic E-state index is 12.5. The number of amides is 1. The Kier molecular flexibility index (Phi) is 4.57. The van der Waals surface area contributed by atoms with Crippen LogP contribution in [-0.4, -0.2) is 27.5 Å². The van der Waals surface area contributed by atoms with E-state index < -0.39 is 11.5 Å². The van der Waals surface area contributed by atoms with Crippen LogP contribution in [0.5, 0.6) is 0 Å². The van der Waals surface area contributed by atoms with Crippen LogP contribution in [0.4, 0.5) is 0 Å². The molecule has 1 atom stereocenters. The number of aromatic amines is 1. The minimum atomic E-state index is -1.36. The number of hydrogen-bond donors (Lipinski definition) is 3. The van der Waals surface area contributed by atoms with Crippen LogP contribution < -0.4 is 5.32 Å². The van der Waals surface area contributed by atoms with Crippen molar-refractivity contribution in [2.45, 2.75) is 25.3 Å². The van der Waals surface area contributed by atoms with Crippen molar-refractivity contribution in [1.82, 2.24) is 10.3 Å². The van der Waals surface area contributed by atoms with Crippen molar-refractivity contribution >= 4 is 22.8 Å². The van der Waals surface area contributed by atoms with Crippen LogP contribution in [0, 0.1) is 0 Å². The van der Waals surface area contributed by atoms with Crippen molar-refractivity contribution in [3.05, 3.63) is 71.9 Å². The first-order chi connectivity index (χ1) is 12.1. The van der Waals surface area contributed by atoms with E-state index in [9.17, 15) is 14.7 Å². The van der Waals surface area contributed by atoms with Gasteiger partial charge < -0.3 is 15.4 Å². The molecule has 1 amide bonds. The highest BCUT2D eigenvalue weighted by molar-refractivity contribution is 5.98. The summed E-state index contributed by atoms with van der Waals surface area (Å²) in [6, 6.07) is 16.4. The molecule has 0 spiro atoms. The van der Waals surface area contributed by atoms with Gasteiger partial charge in [-0.3, -0.25) is 4.79 Å². The van der Waals surface area contributed by atoms with Gasteiger partial charge in [0.2, 0.25) is 0 Å². The Hall–Kier alpha value is -3.08. The van der Waals surface area contributed by atoms with E-state index >= 15 is 0 Å². The van der Waals surface area contributed by atoms with Gasteiger partial charge in [-0.1, -0.05) is 43.3 Å². The smallest absolute Gasteiger partial charge is 0.329 e. The van der Waals surface area contributed by atoms with Gasteiger partial charge in [-0.05, 0) is 30.2 Å². The van der Waals surface area contributed by atoms with Gasteiger partial charge >= 0.3 is 5.97 Å². The second-order valence-corrected chi connectivity index (χ2v) is 6.10. The van der Waals surface area contributed by atoms with Crippen LogP contribution >= 0.6 is 0 Å². The molecule has 0 aliphatic carbocycles. The summed E-state index contributed by atoms with van der Waals surface area (Å²) in [5.41, 5.74) is 0.897. The molecule has 3 N–H and O–H groups in total. The molecular formula is C20H20N2O3. The van der Waals surface area contributed by atoms with Gasteiger partial charge in [0.25, 0.3) is 5.91 Å². The molecule has 2 aromatic carbocycles. The molecule has 3 aromatic rings. The molecule has 0 bridgehead atoms. The molecule has 5 nitrogen and oxygen atoms in total. The number of fused-ring (bicyclic) bond motifs is 1. The molecule has 1 aromatic heterocycles. The number of aliphatic carboxylic acids is 1. The van der Waals surface area contributed by atoms with Gasteiger partial charge in [0.1, 0.15) is 5.54 Å². The van der Waals surface area contributed by atoms with Gasteiger partial charge in [-0.2, -0.15) is 0 Å². The van der Waals surface area contributed by atoms with Crippen molar-refractivity contribution in [3.63, 3.8) is 0 Å². The van der Waals surface area contributed by atoms with Gasteiger partial charge in [-0.15, -0.1) is 0 Å². The second-order valence-electron chi connectivity index (χ2n) is 6.10. The molecule has 0 aliphatic rings. The number of carbonyl (C=O) groups excluding carboxylic acids is 1. The molecule has 1 heterocycles. The number of H-pyrrole nitrogens is 1. The number of nitrogens with one attached hydrogen (secondary N) is 2. The van der Waals surface area contributed by atoms with Crippen LogP contribution in [0.25, 0.3) is 10.9 Å². The zero-order chi connectivity index (χ0) is 17.9. The number of para-hydroxylation sites is 1.